The van der Waals surface area contributed by atoms with Crippen molar-refractivity contribution < 1.29 is 14.3 Å². The van der Waals surface area contributed by atoms with Crippen molar-refractivity contribution in [2.45, 2.75) is 50.4 Å². The molecule has 1 atom stereocenters. The lowest BCUT2D eigenvalue weighted by Crippen LogP contribution is -2.57. The highest BCUT2D eigenvalue weighted by Gasteiger charge is 2.44. The van der Waals surface area contributed by atoms with Gasteiger partial charge in [-0.25, -0.2) is 4.79 Å². The number of alkyl halides is 1. The highest BCUT2D eigenvalue weighted by Crippen LogP contribution is 2.34. The number of rotatable bonds is 4. The van der Waals surface area contributed by atoms with Crippen LogP contribution in [-0.4, -0.2) is 24.5 Å². The molecule has 0 bridgehead atoms. The van der Waals surface area contributed by atoms with Crippen molar-refractivity contribution in [3.63, 3.8) is 0 Å². The van der Waals surface area contributed by atoms with Gasteiger partial charge in [0.25, 0.3) is 0 Å². The second-order valence-electron chi connectivity index (χ2n) is 6.52. The first-order chi connectivity index (χ1) is 10.9. The zero-order valence-electron chi connectivity index (χ0n) is 13.9. The van der Waals surface area contributed by atoms with Crippen molar-refractivity contribution in [2.75, 3.05) is 7.11 Å². The summed E-state index contributed by atoms with van der Waals surface area (Å²) < 4.78 is 4.93. The van der Waals surface area contributed by atoms with Crippen LogP contribution in [0.1, 0.15) is 49.1 Å². The number of carbonyl (C=O) groups excluding carboxylic acids is 2. The Morgan fingerprint density at radius 3 is 2.35 bits per heavy atom. The molecule has 126 valence electrons. The topological polar surface area (TPSA) is 55.4 Å². The van der Waals surface area contributed by atoms with Crippen molar-refractivity contribution in [3.8, 4) is 0 Å². The molecule has 0 spiro atoms. The van der Waals surface area contributed by atoms with E-state index in [9.17, 15) is 9.59 Å². The molecule has 4 nitrogen and oxygen atoms in total. The van der Waals surface area contributed by atoms with Crippen LogP contribution in [0.25, 0.3) is 0 Å². The summed E-state index contributed by atoms with van der Waals surface area (Å²) in [4.78, 5) is 24.8. The molecule has 1 amide bonds. The zero-order chi connectivity index (χ0) is 17.0. The van der Waals surface area contributed by atoms with Crippen LogP contribution >= 0.6 is 11.6 Å². The van der Waals surface area contributed by atoms with Gasteiger partial charge in [-0.15, -0.1) is 11.6 Å². The van der Waals surface area contributed by atoms with E-state index in [4.69, 9.17) is 16.3 Å². The van der Waals surface area contributed by atoms with Crippen LogP contribution in [0.15, 0.2) is 24.3 Å². The Morgan fingerprint density at radius 2 is 1.83 bits per heavy atom. The predicted octanol–water partition coefficient (Wildman–Crippen LogP) is 3.51. The fourth-order valence-electron chi connectivity index (χ4n) is 3.02. The minimum atomic E-state index is -0.948. The van der Waals surface area contributed by atoms with Crippen LogP contribution < -0.4 is 5.32 Å². The van der Waals surface area contributed by atoms with Crippen molar-refractivity contribution in [2.24, 2.45) is 5.92 Å². The van der Waals surface area contributed by atoms with Crippen LogP contribution in [0.3, 0.4) is 0 Å². The quantitative estimate of drug-likeness (QED) is 0.675. The van der Waals surface area contributed by atoms with E-state index >= 15 is 0 Å². The van der Waals surface area contributed by atoms with Gasteiger partial charge in [0.05, 0.1) is 7.11 Å². The minimum absolute atomic E-state index is 0.351. The van der Waals surface area contributed by atoms with Crippen molar-refractivity contribution in [3.05, 3.63) is 35.4 Å². The molecule has 1 saturated carbocycles. The average Bonchev–Trinajstić information content (AvgIpc) is 2.56. The third-order valence-corrected chi connectivity index (χ3v) is 5.12. The molecular weight excluding hydrogens is 314 g/mol. The summed E-state index contributed by atoms with van der Waals surface area (Å²) in [5.74, 6) is -0.186. The summed E-state index contributed by atoms with van der Waals surface area (Å²) in [5.41, 5.74) is 0.875. The number of aryl methyl sites for hydroxylation is 1. The number of amides is 1. The first-order valence-corrected chi connectivity index (χ1v) is 8.42. The zero-order valence-corrected chi connectivity index (χ0v) is 14.7. The maximum Gasteiger partial charge on any atom is 0.331 e. The molecule has 2 rings (SSSR count). The molecule has 1 aromatic rings. The van der Waals surface area contributed by atoms with Crippen LogP contribution in [0.5, 0.6) is 0 Å². The lowest BCUT2D eigenvalue weighted by Gasteiger charge is -2.37. The summed E-state index contributed by atoms with van der Waals surface area (Å²) in [7, 11) is 1.35. The molecule has 0 saturated heterocycles. The first-order valence-electron chi connectivity index (χ1n) is 7.99. The van der Waals surface area contributed by atoms with Crippen LogP contribution in [0, 0.1) is 12.8 Å². The van der Waals surface area contributed by atoms with Gasteiger partial charge in [-0.2, -0.15) is 0 Å². The highest BCUT2D eigenvalue weighted by atomic mass is 35.5. The number of halogens is 1. The van der Waals surface area contributed by atoms with Gasteiger partial charge >= 0.3 is 5.97 Å². The third-order valence-electron chi connectivity index (χ3n) is 4.67. The summed E-state index contributed by atoms with van der Waals surface area (Å²) in [6, 6.07) is 7.49. The molecule has 1 unspecified atom stereocenters. The molecule has 1 aliphatic rings. The summed E-state index contributed by atoms with van der Waals surface area (Å²) in [6.07, 6.45) is 2.94. The third kappa shape index (κ3) is 4.05. The number of benzene rings is 1. The molecule has 5 heteroatoms. The Kier molecular flexibility index (Phi) is 5.69. The molecule has 1 aliphatic carbocycles. The highest BCUT2D eigenvalue weighted by molar-refractivity contribution is 6.31. The van der Waals surface area contributed by atoms with Crippen molar-refractivity contribution >= 4 is 23.5 Å². The maximum absolute atomic E-state index is 12.6. The van der Waals surface area contributed by atoms with Gasteiger partial charge in [0.15, 0.2) is 0 Å². The average molecular weight is 338 g/mol. The maximum atomic E-state index is 12.6. The number of esters is 1. The Hall–Kier alpha value is -1.55. The van der Waals surface area contributed by atoms with Crippen molar-refractivity contribution in [1.29, 1.82) is 0 Å². The second-order valence-corrected chi connectivity index (χ2v) is 6.96. The van der Waals surface area contributed by atoms with E-state index in [1.54, 1.807) is 0 Å². The molecule has 1 fully saturated rings. The lowest BCUT2D eigenvalue weighted by molar-refractivity contribution is -0.153. The van der Waals surface area contributed by atoms with Crippen molar-refractivity contribution in [1.82, 2.24) is 5.32 Å². The number of ether oxygens (including phenoxy) is 1. The lowest BCUT2D eigenvalue weighted by atomic mass is 9.77. The van der Waals surface area contributed by atoms with E-state index in [-0.39, 0.29) is 11.9 Å². The number of methoxy groups -OCH3 is 1. The molecule has 0 radical (unpaired) electrons. The predicted molar refractivity (Wildman–Crippen MR) is 90.3 cm³/mol. The largest absolute Gasteiger partial charge is 0.467 e. The van der Waals surface area contributed by atoms with Gasteiger partial charge < -0.3 is 10.1 Å². The number of carbonyl (C=O) groups is 2. The number of nitrogens with one attached hydrogen (secondary N) is 1. The second kappa shape index (κ2) is 7.35. The van der Waals surface area contributed by atoms with E-state index in [1.807, 2.05) is 31.2 Å². The Balaban J connectivity index is 2.14. The van der Waals surface area contributed by atoms with Gasteiger partial charge in [-0.3, -0.25) is 4.79 Å². The van der Waals surface area contributed by atoms with E-state index in [0.29, 0.717) is 18.8 Å². The van der Waals surface area contributed by atoms with Crippen LogP contribution in [-0.2, 0) is 14.3 Å². The van der Waals surface area contributed by atoms with E-state index in [0.717, 1.165) is 24.0 Å². The number of hydrogen-bond acceptors (Lipinski definition) is 3. The van der Waals surface area contributed by atoms with Gasteiger partial charge in [0.1, 0.15) is 10.9 Å². The molecule has 1 N–H and O–H groups in total. The fraction of sp³-hybridized carbons (Fsp3) is 0.556. The van der Waals surface area contributed by atoms with E-state index in [1.165, 1.54) is 7.11 Å². The molecular formula is C18H24ClNO3. The number of hydrogen-bond donors (Lipinski definition) is 1. The summed E-state index contributed by atoms with van der Waals surface area (Å²) >= 11 is 6.30. The van der Waals surface area contributed by atoms with Gasteiger partial charge in [-0.05, 0) is 44.1 Å². The molecule has 0 heterocycles. The van der Waals surface area contributed by atoms with Gasteiger partial charge in [0.2, 0.25) is 5.91 Å². The van der Waals surface area contributed by atoms with Gasteiger partial charge in [-0.1, -0.05) is 36.8 Å². The van der Waals surface area contributed by atoms with E-state index in [2.05, 4.69) is 12.2 Å². The Labute approximate surface area is 142 Å². The van der Waals surface area contributed by atoms with E-state index < -0.39 is 10.9 Å². The fourth-order valence-corrected chi connectivity index (χ4v) is 3.22. The van der Waals surface area contributed by atoms with Crippen LogP contribution in [0.2, 0.25) is 0 Å². The molecule has 1 aromatic carbocycles. The van der Waals surface area contributed by atoms with Crippen LogP contribution in [0.4, 0.5) is 0 Å². The monoisotopic (exact) mass is 337 g/mol. The molecule has 0 aromatic heterocycles. The molecule has 0 aliphatic heterocycles. The SMILES string of the molecule is COC(=O)C1(NC(=O)C(Cl)c2ccc(C)cc2)CCC(C)CC1. The van der Waals surface area contributed by atoms with Gasteiger partial charge in [0, 0.05) is 0 Å². The summed E-state index contributed by atoms with van der Waals surface area (Å²) in [6.45, 7) is 4.13. The smallest absolute Gasteiger partial charge is 0.331 e. The Morgan fingerprint density at radius 1 is 1.26 bits per heavy atom. The summed E-state index contributed by atoms with van der Waals surface area (Å²) in [5, 5.41) is 2.05. The minimum Gasteiger partial charge on any atom is -0.467 e. The first kappa shape index (κ1) is 17.8. The Bertz CT molecular complexity index is 562. The normalized spacial score (nSPS) is 25.5. The standard InChI is InChI=1S/C18H24ClNO3/c1-12-4-6-14(7-5-12)15(19)16(21)20-18(17(22)23-3)10-8-13(2)9-11-18/h4-7,13,15H,8-11H2,1-3H3,(H,20,21). The molecule has 23 heavy (non-hydrogen) atoms.